The molecule has 4 aromatic rings. The first-order chi connectivity index (χ1) is 15.5. The van der Waals surface area contributed by atoms with Gasteiger partial charge in [0.15, 0.2) is 5.13 Å². The van der Waals surface area contributed by atoms with Crippen LogP contribution < -0.4 is 9.64 Å². The first-order valence-corrected chi connectivity index (χ1v) is 11.6. The molecule has 0 aliphatic carbocycles. The van der Waals surface area contributed by atoms with Crippen LogP contribution in [-0.2, 0) is 17.8 Å². The summed E-state index contributed by atoms with van der Waals surface area (Å²) in [7, 11) is 0. The average Bonchev–Trinajstić information content (AvgIpc) is 3.20. The number of benzene rings is 2. The van der Waals surface area contributed by atoms with E-state index in [4.69, 9.17) is 9.72 Å². The SMILES string of the molecule is CCOc1cccc2sc(N(Cc3cccnc3)C(=O)Cc3c(C)cc(C)cc3C)nc12. The van der Waals surface area contributed by atoms with Crippen molar-refractivity contribution in [2.75, 3.05) is 11.5 Å². The van der Waals surface area contributed by atoms with Gasteiger partial charge in [0.2, 0.25) is 5.91 Å². The Kier molecular flexibility index (Phi) is 6.51. The average molecular weight is 446 g/mol. The van der Waals surface area contributed by atoms with E-state index in [-0.39, 0.29) is 5.91 Å². The molecule has 0 aliphatic heterocycles. The van der Waals surface area contributed by atoms with Gasteiger partial charge in [-0.2, -0.15) is 0 Å². The topological polar surface area (TPSA) is 55.3 Å². The van der Waals surface area contributed by atoms with E-state index in [1.165, 1.54) is 16.9 Å². The van der Waals surface area contributed by atoms with E-state index in [1.807, 2.05) is 37.3 Å². The van der Waals surface area contributed by atoms with E-state index in [0.717, 1.165) is 38.2 Å². The van der Waals surface area contributed by atoms with Gasteiger partial charge in [-0.05, 0) is 68.1 Å². The number of hydrogen-bond donors (Lipinski definition) is 0. The van der Waals surface area contributed by atoms with Gasteiger partial charge in [0.25, 0.3) is 0 Å². The maximum atomic E-state index is 13.6. The van der Waals surface area contributed by atoms with Crippen molar-refractivity contribution in [3.8, 4) is 5.75 Å². The van der Waals surface area contributed by atoms with Gasteiger partial charge in [0, 0.05) is 12.4 Å². The molecule has 2 heterocycles. The lowest BCUT2D eigenvalue weighted by Crippen LogP contribution is -2.32. The van der Waals surface area contributed by atoms with E-state index in [0.29, 0.717) is 24.7 Å². The number of carbonyl (C=O) groups excluding carboxylic acids is 1. The van der Waals surface area contributed by atoms with Crippen molar-refractivity contribution in [1.82, 2.24) is 9.97 Å². The maximum absolute atomic E-state index is 13.6. The Morgan fingerprint density at radius 2 is 1.88 bits per heavy atom. The van der Waals surface area contributed by atoms with Crippen LogP contribution in [0.3, 0.4) is 0 Å². The molecule has 6 heteroatoms. The largest absolute Gasteiger partial charge is 0.492 e. The van der Waals surface area contributed by atoms with E-state index in [1.54, 1.807) is 17.3 Å². The van der Waals surface area contributed by atoms with Gasteiger partial charge < -0.3 is 4.74 Å². The van der Waals surface area contributed by atoms with Crippen molar-refractivity contribution in [2.24, 2.45) is 0 Å². The molecular formula is C26H27N3O2S. The fraction of sp³-hybridized carbons (Fsp3) is 0.269. The second-order valence-electron chi connectivity index (χ2n) is 7.93. The highest BCUT2D eigenvalue weighted by atomic mass is 32.1. The quantitative estimate of drug-likeness (QED) is 0.361. The van der Waals surface area contributed by atoms with Gasteiger partial charge in [-0.1, -0.05) is 41.2 Å². The number of thiazole rings is 1. The number of amides is 1. The summed E-state index contributed by atoms with van der Waals surface area (Å²) >= 11 is 1.51. The number of anilines is 1. The molecule has 0 unspecified atom stereocenters. The fourth-order valence-electron chi connectivity index (χ4n) is 3.97. The number of para-hydroxylation sites is 1. The number of ether oxygens (including phenoxy) is 1. The second-order valence-corrected chi connectivity index (χ2v) is 8.94. The molecule has 5 nitrogen and oxygen atoms in total. The van der Waals surface area contributed by atoms with Crippen LogP contribution in [0.2, 0.25) is 0 Å². The Labute approximate surface area is 192 Å². The van der Waals surface area contributed by atoms with Crippen molar-refractivity contribution in [3.63, 3.8) is 0 Å². The maximum Gasteiger partial charge on any atom is 0.233 e. The van der Waals surface area contributed by atoms with Crippen molar-refractivity contribution in [3.05, 3.63) is 82.7 Å². The lowest BCUT2D eigenvalue weighted by molar-refractivity contribution is -0.118. The molecular weight excluding hydrogens is 418 g/mol. The van der Waals surface area contributed by atoms with Gasteiger partial charge in [-0.3, -0.25) is 14.7 Å². The summed E-state index contributed by atoms with van der Waals surface area (Å²) in [6.45, 7) is 9.16. The smallest absolute Gasteiger partial charge is 0.233 e. The molecule has 0 saturated heterocycles. The predicted molar refractivity (Wildman–Crippen MR) is 131 cm³/mol. The van der Waals surface area contributed by atoms with Crippen LogP contribution in [0.1, 0.15) is 34.7 Å². The predicted octanol–water partition coefficient (Wildman–Crippen LogP) is 5.79. The minimum absolute atomic E-state index is 0.0147. The monoisotopic (exact) mass is 445 g/mol. The molecule has 164 valence electrons. The molecule has 1 amide bonds. The zero-order chi connectivity index (χ0) is 22.7. The summed E-state index contributed by atoms with van der Waals surface area (Å²) < 4.78 is 6.76. The molecule has 0 aliphatic rings. The Morgan fingerprint density at radius 3 is 2.56 bits per heavy atom. The van der Waals surface area contributed by atoms with Gasteiger partial charge in [0.05, 0.1) is 24.3 Å². The van der Waals surface area contributed by atoms with Gasteiger partial charge in [-0.15, -0.1) is 0 Å². The minimum atomic E-state index is 0.0147. The van der Waals surface area contributed by atoms with E-state index < -0.39 is 0 Å². The molecule has 0 atom stereocenters. The molecule has 0 saturated carbocycles. The molecule has 0 N–H and O–H groups in total. The lowest BCUT2D eigenvalue weighted by atomic mass is 9.97. The zero-order valence-electron chi connectivity index (χ0n) is 18.9. The third-order valence-electron chi connectivity index (χ3n) is 5.43. The summed E-state index contributed by atoms with van der Waals surface area (Å²) in [6, 6.07) is 14.0. The molecule has 0 fully saturated rings. The molecule has 2 aromatic carbocycles. The van der Waals surface area contributed by atoms with Crippen molar-refractivity contribution < 1.29 is 9.53 Å². The van der Waals surface area contributed by atoms with E-state index >= 15 is 0 Å². The number of pyridine rings is 1. The standard InChI is InChI=1S/C26H27N3O2S/c1-5-31-22-9-6-10-23-25(22)28-26(32-23)29(16-20-8-7-11-27-15-20)24(30)14-21-18(3)12-17(2)13-19(21)4/h6-13,15H,5,14,16H2,1-4H3. The molecule has 2 aromatic heterocycles. The number of rotatable bonds is 7. The third kappa shape index (κ3) is 4.65. The number of carbonyl (C=O) groups is 1. The van der Waals surface area contributed by atoms with Crippen LogP contribution in [0.25, 0.3) is 10.2 Å². The van der Waals surface area contributed by atoms with Crippen molar-refractivity contribution in [2.45, 2.75) is 40.7 Å². The number of aromatic nitrogens is 2. The van der Waals surface area contributed by atoms with Gasteiger partial charge in [0.1, 0.15) is 11.3 Å². The highest BCUT2D eigenvalue weighted by molar-refractivity contribution is 7.22. The second kappa shape index (κ2) is 9.49. The fourth-order valence-corrected chi connectivity index (χ4v) is 4.97. The molecule has 0 spiro atoms. The van der Waals surface area contributed by atoms with Crippen LogP contribution >= 0.6 is 11.3 Å². The molecule has 0 radical (unpaired) electrons. The summed E-state index contributed by atoms with van der Waals surface area (Å²) in [4.78, 5) is 24.5. The number of hydrogen-bond acceptors (Lipinski definition) is 5. The van der Waals surface area contributed by atoms with Crippen LogP contribution in [0, 0.1) is 20.8 Å². The first-order valence-electron chi connectivity index (χ1n) is 10.7. The van der Waals surface area contributed by atoms with E-state index in [2.05, 4.69) is 37.9 Å². The number of aryl methyl sites for hydroxylation is 3. The van der Waals surface area contributed by atoms with Crippen LogP contribution in [0.4, 0.5) is 5.13 Å². The minimum Gasteiger partial charge on any atom is -0.492 e. The molecule has 0 bridgehead atoms. The highest BCUT2D eigenvalue weighted by Gasteiger charge is 2.23. The Balaban J connectivity index is 1.73. The Morgan fingerprint density at radius 1 is 1.09 bits per heavy atom. The number of nitrogens with zero attached hydrogens (tertiary/aromatic N) is 3. The summed E-state index contributed by atoms with van der Waals surface area (Å²) in [5, 5.41) is 0.670. The number of fused-ring (bicyclic) bond motifs is 1. The lowest BCUT2D eigenvalue weighted by Gasteiger charge is -2.21. The molecule has 32 heavy (non-hydrogen) atoms. The van der Waals surface area contributed by atoms with E-state index in [9.17, 15) is 4.79 Å². The third-order valence-corrected chi connectivity index (χ3v) is 6.48. The first kappa shape index (κ1) is 22.0. The van der Waals surface area contributed by atoms with Crippen molar-refractivity contribution >= 4 is 32.6 Å². The summed E-state index contributed by atoms with van der Waals surface area (Å²) in [5.41, 5.74) is 6.31. The van der Waals surface area contributed by atoms with Crippen LogP contribution in [0.5, 0.6) is 5.75 Å². The normalized spacial score (nSPS) is 11.0. The van der Waals surface area contributed by atoms with Gasteiger partial charge in [-0.25, -0.2) is 4.98 Å². The van der Waals surface area contributed by atoms with Gasteiger partial charge >= 0.3 is 0 Å². The Hall–Kier alpha value is -3.25. The highest BCUT2D eigenvalue weighted by Crippen LogP contribution is 2.35. The summed E-state index contributed by atoms with van der Waals surface area (Å²) in [6.07, 6.45) is 3.86. The zero-order valence-corrected chi connectivity index (χ0v) is 19.7. The van der Waals surface area contributed by atoms with Crippen LogP contribution in [0.15, 0.2) is 54.9 Å². The molecule has 4 rings (SSSR count). The van der Waals surface area contributed by atoms with Crippen LogP contribution in [-0.4, -0.2) is 22.5 Å². The van der Waals surface area contributed by atoms with Crippen molar-refractivity contribution in [1.29, 1.82) is 0 Å². The summed E-state index contributed by atoms with van der Waals surface area (Å²) in [5.74, 6) is 0.757. The Bertz CT molecular complexity index is 1230.